The smallest absolute Gasteiger partial charge is 0.331 e. The maximum absolute atomic E-state index is 13.7. The van der Waals surface area contributed by atoms with Crippen LogP contribution in [-0.4, -0.2) is 70.4 Å². The van der Waals surface area contributed by atoms with E-state index in [-0.39, 0.29) is 35.4 Å². The van der Waals surface area contributed by atoms with E-state index in [0.717, 1.165) is 38.6 Å². The standard InChI is InChI=1S/C27H47N3O4/c1-18(2)22(17-19(3)26(33)34)29(7)25(32)23(27(4,5)6)28-24(31)21-15-11-12-16-30(21)20-13-9-8-10-14-20/h17-18,20-23H,8-16H2,1-7H3,(H,28,31)(H,33,34)/t21-,22-,23-/m1/s1. The molecular formula is C27H47N3O4. The van der Waals surface area contributed by atoms with Crippen molar-refractivity contribution in [3.05, 3.63) is 11.6 Å². The monoisotopic (exact) mass is 477 g/mol. The van der Waals surface area contributed by atoms with Crippen molar-refractivity contribution in [1.82, 2.24) is 15.1 Å². The van der Waals surface area contributed by atoms with Gasteiger partial charge in [-0.1, -0.05) is 66.4 Å². The number of nitrogens with zero attached hydrogens (tertiary/aromatic N) is 2. The molecule has 0 radical (unpaired) electrons. The van der Waals surface area contributed by atoms with Crippen molar-refractivity contribution < 1.29 is 19.5 Å². The summed E-state index contributed by atoms with van der Waals surface area (Å²) in [6.07, 6.45) is 10.7. The quantitative estimate of drug-likeness (QED) is 0.511. The van der Waals surface area contributed by atoms with Crippen molar-refractivity contribution in [2.75, 3.05) is 13.6 Å². The predicted molar refractivity (Wildman–Crippen MR) is 135 cm³/mol. The molecular weight excluding hydrogens is 430 g/mol. The number of likely N-dealkylation sites (N-methyl/N-ethyl adjacent to an activating group) is 1. The zero-order valence-electron chi connectivity index (χ0n) is 22.4. The Labute approximate surface area is 206 Å². The minimum Gasteiger partial charge on any atom is -0.478 e. The molecule has 1 saturated carbocycles. The Balaban J connectivity index is 2.23. The average Bonchev–Trinajstić information content (AvgIpc) is 2.79. The Kier molecular flexibility index (Phi) is 10.2. The molecule has 2 fully saturated rings. The molecule has 0 aromatic rings. The van der Waals surface area contributed by atoms with Gasteiger partial charge in [0.05, 0.1) is 12.1 Å². The van der Waals surface area contributed by atoms with Crippen LogP contribution in [0.15, 0.2) is 11.6 Å². The number of likely N-dealkylation sites (tertiary alicyclic amines) is 1. The first-order valence-corrected chi connectivity index (χ1v) is 13.1. The Morgan fingerprint density at radius 1 is 1.03 bits per heavy atom. The predicted octanol–water partition coefficient (Wildman–Crippen LogP) is 4.22. The van der Waals surface area contributed by atoms with Crippen LogP contribution in [0.4, 0.5) is 0 Å². The van der Waals surface area contributed by atoms with Gasteiger partial charge in [0, 0.05) is 18.7 Å². The van der Waals surface area contributed by atoms with Crippen molar-refractivity contribution in [2.24, 2.45) is 11.3 Å². The molecule has 34 heavy (non-hydrogen) atoms. The van der Waals surface area contributed by atoms with Crippen LogP contribution in [0.3, 0.4) is 0 Å². The van der Waals surface area contributed by atoms with Crippen LogP contribution < -0.4 is 5.32 Å². The molecule has 1 saturated heterocycles. The maximum Gasteiger partial charge on any atom is 0.331 e. The van der Waals surface area contributed by atoms with E-state index in [1.165, 1.54) is 19.3 Å². The lowest BCUT2D eigenvalue weighted by Gasteiger charge is -2.43. The second kappa shape index (κ2) is 12.2. The number of carbonyl (C=O) groups is 3. The fourth-order valence-electron chi connectivity index (χ4n) is 5.40. The Hall–Kier alpha value is -1.89. The van der Waals surface area contributed by atoms with E-state index in [1.54, 1.807) is 24.9 Å². The van der Waals surface area contributed by atoms with Gasteiger partial charge in [0.25, 0.3) is 0 Å². The number of carboxylic acids is 1. The lowest BCUT2D eigenvalue weighted by Crippen LogP contribution is -2.61. The number of carbonyl (C=O) groups excluding carboxylic acids is 2. The molecule has 194 valence electrons. The van der Waals surface area contributed by atoms with E-state index in [0.29, 0.717) is 6.04 Å². The average molecular weight is 478 g/mol. The minimum atomic E-state index is -0.993. The fraction of sp³-hybridized carbons (Fsp3) is 0.815. The second-order valence-corrected chi connectivity index (χ2v) is 11.7. The molecule has 0 aromatic heterocycles. The van der Waals surface area contributed by atoms with E-state index < -0.39 is 17.4 Å². The summed E-state index contributed by atoms with van der Waals surface area (Å²) in [7, 11) is 1.71. The highest BCUT2D eigenvalue weighted by atomic mass is 16.4. The highest BCUT2D eigenvalue weighted by molar-refractivity contribution is 5.91. The third-order valence-electron chi connectivity index (χ3n) is 7.53. The van der Waals surface area contributed by atoms with Gasteiger partial charge in [-0.2, -0.15) is 0 Å². The van der Waals surface area contributed by atoms with Crippen molar-refractivity contribution in [2.45, 2.75) is 117 Å². The molecule has 1 aliphatic carbocycles. The van der Waals surface area contributed by atoms with Gasteiger partial charge in [-0.15, -0.1) is 0 Å². The minimum absolute atomic E-state index is 0.0275. The van der Waals surface area contributed by atoms with Gasteiger partial charge in [-0.05, 0) is 50.5 Å². The van der Waals surface area contributed by atoms with Gasteiger partial charge >= 0.3 is 5.97 Å². The fourth-order valence-corrected chi connectivity index (χ4v) is 5.40. The Morgan fingerprint density at radius 3 is 2.15 bits per heavy atom. The van der Waals surface area contributed by atoms with Gasteiger partial charge in [-0.25, -0.2) is 4.79 Å². The number of carboxylic acid groups (broad SMARTS) is 1. The van der Waals surface area contributed by atoms with Crippen molar-refractivity contribution in [1.29, 1.82) is 0 Å². The highest BCUT2D eigenvalue weighted by Crippen LogP contribution is 2.30. The van der Waals surface area contributed by atoms with E-state index in [4.69, 9.17) is 0 Å². The van der Waals surface area contributed by atoms with Crippen molar-refractivity contribution >= 4 is 17.8 Å². The van der Waals surface area contributed by atoms with Crippen LogP contribution in [0.25, 0.3) is 0 Å². The normalized spacial score (nSPS) is 22.8. The summed E-state index contributed by atoms with van der Waals surface area (Å²) in [5.74, 6) is -1.20. The largest absolute Gasteiger partial charge is 0.478 e. The molecule has 7 heteroatoms. The first-order valence-electron chi connectivity index (χ1n) is 13.1. The van der Waals surface area contributed by atoms with Gasteiger partial charge in [0.1, 0.15) is 6.04 Å². The van der Waals surface area contributed by atoms with Crippen molar-refractivity contribution in [3.63, 3.8) is 0 Å². The Bertz CT molecular complexity index is 749. The third kappa shape index (κ3) is 7.30. The van der Waals surface area contributed by atoms with Crippen LogP contribution in [0.5, 0.6) is 0 Å². The lowest BCUT2D eigenvalue weighted by molar-refractivity contribution is -0.142. The van der Waals surface area contributed by atoms with Gasteiger partial charge in [-0.3, -0.25) is 14.5 Å². The summed E-state index contributed by atoms with van der Waals surface area (Å²) in [5.41, 5.74) is -0.279. The maximum atomic E-state index is 13.7. The molecule has 0 bridgehead atoms. The highest BCUT2D eigenvalue weighted by Gasteiger charge is 2.40. The number of nitrogens with one attached hydrogen (secondary N) is 1. The van der Waals surface area contributed by atoms with Gasteiger partial charge in [0.2, 0.25) is 11.8 Å². The summed E-state index contributed by atoms with van der Waals surface area (Å²) < 4.78 is 0. The molecule has 2 rings (SSSR count). The summed E-state index contributed by atoms with van der Waals surface area (Å²) in [4.78, 5) is 42.7. The zero-order chi connectivity index (χ0) is 25.6. The Morgan fingerprint density at radius 2 is 1.62 bits per heavy atom. The number of piperidine rings is 1. The SMILES string of the molecule is CC(=C[C@H](C(C)C)N(C)C(=O)[C@@H](NC(=O)[C@H]1CCCCN1C1CCCCC1)C(C)(C)C)C(=O)O. The number of hydrogen-bond acceptors (Lipinski definition) is 4. The molecule has 7 nitrogen and oxygen atoms in total. The molecule has 2 aliphatic rings. The van der Waals surface area contributed by atoms with Crippen LogP contribution >= 0.6 is 0 Å². The van der Waals surface area contributed by atoms with E-state index in [9.17, 15) is 19.5 Å². The summed E-state index contributed by atoms with van der Waals surface area (Å²) in [6.45, 7) is 12.3. The topological polar surface area (TPSA) is 90.0 Å². The number of rotatable bonds is 8. The molecule has 2 amide bonds. The molecule has 0 spiro atoms. The third-order valence-corrected chi connectivity index (χ3v) is 7.53. The molecule has 1 heterocycles. The molecule has 0 aromatic carbocycles. The van der Waals surface area contributed by atoms with Gasteiger partial charge < -0.3 is 15.3 Å². The van der Waals surface area contributed by atoms with Gasteiger partial charge in [0.15, 0.2) is 0 Å². The van der Waals surface area contributed by atoms with Crippen LogP contribution in [-0.2, 0) is 14.4 Å². The van der Waals surface area contributed by atoms with Crippen LogP contribution in [0, 0.1) is 11.3 Å². The van der Waals surface area contributed by atoms with Crippen LogP contribution in [0.1, 0.15) is 92.9 Å². The molecule has 0 unspecified atom stereocenters. The van der Waals surface area contributed by atoms with Crippen LogP contribution in [0.2, 0.25) is 0 Å². The molecule has 3 atom stereocenters. The summed E-state index contributed by atoms with van der Waals surface area (Å²) >= 11 is 0. The first kappa shape index (κ1) is 28.3. The zero-order valence-corrected chi connectivity index (χ0v) is 22.4. The molecule has 1 aliphatic heterocycles. The first-order chi connectivity index (χ1) is 15.8. The summed E-state index contributed by atoms with van der Waals surface area (Å²) in [6, 6.07) is -0.792. The van der Waals surface area contributed by atoms with Crippen molar-refractivity contribution in [3.8, 4) is 0 Å². The number of hydrogen-bond donors (Lipinski definition) is 2. The summed E-state index contributed by atoms with van der Waals surface area (Å²) in [5, 5.41) is 12.5. The number of aliphatic carboxylic acids is 1. The van der Waals surface area contributed by atoms with E-state index in [2.05, 4.69) is 10.2 Å². The lowest BCUT2D eigenvalue weighted by atomic mass is 9.84. The van der Waals surface area contributed by atoms with E-state index in [1.807, 2.05) is 34.6 Å². The second-order valence-electron chi connectivity index (χ2n) is 11.7. The van der Waals surface area contributed by atoms with E-state index >= 15 is 0 Å². The molecule has 2 N–H and O–H groups in total. The number of amides is 2.